The summed E-state index contributed by atoms with van der Waals surface area (Å²) in [4.78, 5) is 11.5. The zero-order valence-electron chi connectivity index (χ0n) is 8.43. The molecule has 15 heavy (non-hydrogen) atoms. The number of carbonyl (C=O) groups is 1. The van der Waals surface area contributed by atoms with Gasteiger partial charge in [0.05, 0.1) is 12.1 Å². The number of amides is 1. The van der Waals surface area contributed by atoms with Crippen molar-refractivity contribution in [3.8, 4) is 0 Å². The van der Waals surface area contributed by atoms with E-state index in [9.17, 15) is 4.79 Å². The quantitative estimate of drug-likeness (QED) is 0.702. The lowest BCUT2D eigenvalue weighted by Gasteiger charge is -2.18. The Morgan fingerprint density at radius 1 is 1.73 bits per heavy atom. The molecular weight excluding hydrogens is 198 g/mol. The van der Waals surface area contributed by atoms with Crippen molar-refractivity contribution in [2.45, 2.75) is 31.9 Å². The van der Waals surface area contributed by atoms with Crippen molar-refractivity contribution in [3.63, 3.8) is 0 Å². The van der Waals surface area contributed by atoms with Crippen LogP contribution in [-0.4, -0.2) is 45.3 Å². The van der Waals surface area contributed by atoms with E-state index in [-0.39, 0.29) is 23.9 Å². The lowest BCUT2D eigenvalue weighted by molar-refractivity contribution is 0.0706. The van der Waals surface area contributed by atoms with E-state index in [0.29, 0.717) is 0 Å². The molecule has 0 aromatic carbocycles. The summed E-state index contributed by atoms with van der Waals surface area (Å²) >= 11 is 0. The first-order chi connectivity index (χ1) is 7.27. The first-order valence-electron chi connectivity index (χ1n) is 4.93. The molecule has 1 aromatic rings. The van der Waals surface area contributed by atoms with Gasteiger partial charge in [-0.1, -0.05) is 0 Å². The Morgan fingerprint density at radius 2 is 2.60 bits per heavy atom. The highest BCUT2D eigenvalue weighted by molar-refractivity contribution is 5.90. The van der Waals surface area contributed by atoms with Crippen LogP contribution < -0.4 is 5.32 Å². The van der Waals surface area contributed by atoms with Crippen LogP contribution in [0.1, 0.15) is 30.4 Å². The number of nitrogens with zero attached hydrogens (tertiary/aromatic N) is 3. The number of aromatic nitrogens is 4. The van der Waals surface area contributed by atoms with Crippen LogP contribution in [0.2, 0.25) is 0 Å². The number of tetrazole rings is 1. The van der Waals surface area contributed by atoms with E-state index in [1.165, 1.54) is 0 Å². The van der Waals surface area contributed by atoms with Gasteiger partial charge in [0.1, 0.15) is 0 Å². The van der Waals surface area contributed by atoms with Crippen LogP contribution in [0, 0.1) is 0 Å². The second-order valence-electron chi connectivity index (χ2n) is 3.55. The van der Waals surface area contributed by atoms with Crippen LogP contribution in [0.25, 0.3) is 0 Å². The van der Waals surface area contributed by atoms with Gasteiger partial charge >= 0.3 is 0 Å². The number of ether oxygens (including phenoxy) is 1. The zero-order chi connectivity index (χ0) is 10.7. The summed E-state index contributed by atoms with van der Waals surface area (Å²) in [5.41, 5.74) is 0. The zero-order valence-corrected chi connectivity index (χ0v) is 8.43. The third-order valence-electron chi connectivity index (χ3n) is 2.43. The number of hydrogen-bond donors (Lipinski definition) is 2. The predicted octanol–water partition coefficient (Wildman–Crippen LogP) is -0.503. The Morgan fingerprint density at radius 3 is 3.20 bits per heavy atom. The Labute approximate surface area is 86.6 Å². The lowest BCUT2D eigenvalue weighted by atomic mass is 10.1. The van der Waals surface area contributed by atoms with Crippen molar-refractivity contribution >= 4 is 5.91 Å². The summed E-state index contributed by atoms with van der Waals surface area (Å²) in [5.74, 6) is -0.272. The van der Waals surface area contributed by atoms with Gasteiger partial charge < -0.3 is 10.1 Å². The minimum absolute atomic E-state index is 0.0292. The van der Waals surface area contributed by atoms with Crippen LogP contribution in [0.4, 0.5) is 0 Å². The molecule has 0 bridgehead atoms. The molecule has 0 saturated carbocycles. The van der Waals surface area contributed by atoms with Crippen molar-refractivity contribution in [3.05, 3.63) is 5.82 Å². The molecule has 1 amide bonds. The molecule has 1 aliphatic heterocycles. The molecule has 0 aliphatic carbocycles. The summed E-state index contributed by atoms with van der Waals surface area (Å²) in [6, 6.07) is -0.0292. The van der Waals surface area contributed by atoms with Gasteiger partial charge in [-0.15, -0.1) is 10.2 Å². The third kappa shape index (κ3) is 2.30. The van der Waals surface area contributed by atoms with E-state index in [1.54, 1.807) is 0 Å². The fraction of sp³-hybridized carbons (Fsp3) is 0.750. The molecule has 2 atom stereocenters. The second-order valence-corrected chi connectivity index (χ2v) is 3.55. The number of nitrogens with one attached hydrogen (secondary N) is 2. The molecule has 0 radical (unpaired) electrons. The molecule has 82 valence electrons. The first kappa shape index (κ1) is 10.0. The molecule has 7 heteroatoms. The van der Waals surface area contributed by atoms with Gasteiger partial charge in [0.2, 0.25) is 0 Å². The molecule has 2 N–H and O–H groups in total. The van der Waals surface area contributed by atoms with Gasteiger partial charge in [0, 0.05) is 6.61 Å². The van der Waals surface area contributed by atoms with E-state index in [2.05, 4.69) is 25.9 Å². The van der Waals surface area contributed by atoms with E-state index in [4.69, 9.17) is 4.74 Å². The number of carbonyl (C=O) groups excluding carboxylic acids is 1. The molecule has 2 heterocycles. The van der Waals surface area contributed by atoms with E-state index in [1.807, 2.05) is 6.92 Å². The Kier molecular flexibility index (Phi) is 2.91. The molecule has 0 spiro atoms. The number of hydrogen-bond acceptors (Lipinski definition) is 5. The van der Waals surface area contributed by atoms with Crippen molar-refractivity contribution in [1.82, 2.24) is 25.9 Å². The maximum absolute atomic E-state index is 11.5. The highest BCUT2D eigenvalue weighted by atomic mass is 16.5. The molecule has 2 rings (SSSR count). The minimum Gasteiger partial charge on any atom is -0.376 e. The standard InChI is InChI=1S/C8H13N5O2/c1-5(6-3-2-4-15-6)9-8(14)7-10-12-13-11-7/h5-6H,2-4H2,1H3,(H,9,14)(H,10,11,12,13). The second kappa shape index (κ2) is 4.35. The van der Waals surface area contributed by atoms with Gasteiger partial charge in [0.25, 0.3) is 11.7 Å². The monoisotopic (exact) mass is 211 g/mol. The molecule has 2 unspecified atom stereocenters. The fourth-order valence-corrected chi connectivity index (χ4v) is 1.62. The highest BCUT2D eigenvalue weighted by Crippen LogP contribution is 2.15. The van der Waals surface area contributed by atoms with Gasteiger partial charge in [-0.25, -0.2) is 0 Å². The summed E-state index contributed by atoms with van der Waals surface area (Å²) in [6.45, 7) is 2.68. The van der Waals surface area contributed by atoms with E-state index >= 15 is 0 Å². The Balaban J connectivity index is 1.88. The maximum atomic E-state index is 11.5. The van der Waals surface area contributed by atoms with E-state index < -0.39 is 0 Å². The number of aromatic amines is 1. The van der Waals surface area contributed by atoms with Crippen molar-refractivity contribution < 1.29 is 9.53 Å². The van der Waals surface area contributed by atoms with Gasteiger partial charge in [-0.3, -0.25) is 4.79 Å². The van der Waals surface area contributed by atoms with Crippen LogP contribution in [0.15, 0.2) is 0 Å². The lowest BCUT2D eigenvalue weighted by Crippen LogP contribution is -2.41. The highest BCUT2D eigenvalue weighted by Gasteiger charge is 2.24. The van der Waals surface area contributed by atoms with Crippen molar-refractivity contribution in [1.29, 1.82) is 0 Å². The molecule has 1 saturated heterocycles. The predicted molar refractivity (Wildman–Crippen MR) is 50.1 cm³/mol. The van der Waals surface area contributed by atoms with Crippen molar-refractivity contribution in [2.24, 2.45) is 0 Å². The number of rotatable bonds is 3. The topological polar surface area (TPSA) is 92.8 Å². The Bertz CT molecular complexity index is 320. The molecule has 7 nitrogen and oxygen atoms in total. The Hall–Kier alpha value is -1.50. The normalized spacial score (nSPS) is 22.6. The first-order valence-corrected chi connectivity index (χ1v) is 4.93. The number of H-pyrrole nitrogens is 1. The SMILES string of the molecule is CC(NC(=O)c1nn[nH]n1)C1CCCO1. The molecular formula is C8H13N5O2. The third-order valence-corrected chi connectivity index (χ3v) is 2.43. The molecule has 1 fully saturated rings. The molecule has 1 aliphatic rings. The van der Waals surface area contributed by atoms with Crippen LogP contribution >= 0.6 is 0 Å². The minimum atomic E-state index is -0.327. The fourth-order valence-electron chi connectivity index (χ4n) is 1.62. The van der Waals surface area contributed by atoms with Crippen molar-refractivity contribution in [2.75, 3.05) is 6.61 Å². The average Bonchev–Trinajstić information content (AvgIpc) is 2.91. The summed E-state index contributed by atoms with van der Waals surface area (Å²) in [5, 5.41) is 15.5. The summed E-state index contributed by atoms with van der Waals surface area (Å²) < 4.78 is 5.45. The van der Waals surface area contributed by atoms with Crippen LogP contribution in [-0.2, 0) is 4.74 Å². The maximum Gasteiger partial charge on any atom is 0.293 e. The van der Waals surface area contributed by atoms with Crippen LogP contribution in [0.5, 0.6) is 0 Å². The average molecular weight is 211 g/mol. The molecule has 1 aromatic heterocycles. The largest absolute Gasteiger partial charge is 0.376 e. The van der Waals surface area contributed by atoms with Gasteiger partial charge in [0.15, 0.2) is 0 Å². The van der Waals surface area contributed by atoms with E-state index in [0.717, 1.165) is 19.4 Å². The smallest absolute Gasteiger partial charge is 0.293 e. The van der Waals surface area contributed by atoms with Gasteiger partial charge in [-0.2, -0.15) is 5.21 Å². The van der Waals surface area contributed by atoms with Crippen LogP contribution in [0.3, 0.4) is 0 Å². The van der Waals surface area contributed by atoms with Gasteiger partial charge in [-0.05, 0) is 25.0 Å². The summed E-state index contributed by atoms with van der Waals surface area (Å²) in [7, 11) is 0. The summed E-state index contributed by atoms with van der Waals surface area (Å²) in [6.07, 6.45) is 2.13.